The number of amides is 1. The fraction of sp³-hybridized carbons (Fsp3) is 0.194. The number of piperidine rings is 1. The molecule has 1 N–H and O–H groups in total. The molecule has 3 aromatic carbocycles. The summed E-state index contributed by atoms with van der Waals surface area (Å²) in [6.07, 6.45) is 2.41. The maximum Gasteiger partial charge on any atom is 0.253 e. The Morgan fingerprint density at radius 3 is 2.56 bits per heavy atom. The predicted molar refractivity (Wildman–Crippen MR) is 158 cm³/mol. The highest BCUT2D eigenvalue weighted by molar-refractivity contribution is 6.42. The molecule has 2 heterocycles. The Balaban J connectivity index is 1.39. The van der Waals surface area contributed by atoms with Crippen LogP contribution < -0.4 is 14.8 Å². The monoisotopic (exact) mass is 590 g/mol. The van der Waals surface area contributed by atoms with E-state index in [2.05, 4.69) is 22.9 Å². The second-order valence-electron chi connectivity index (χ2n) is 9.48. The van der Waals surface area contributed by atoms with Gasteiger partial charge in [0.1, 0.15) is 12.2 Å². The highest BCUT2D eigenvalue weighted by Crippen LogP contribution is 2.39. The molecule has 0 aliphatic carbocycles. The molecule has 1 aliphatic heterocycles. The first-order valence-corrected chi connectivity index (χ1v) is 13.6. The summed E-state index contributed by atoms with van der Waals surface area (Å²) in [5, 5.41) is 13.1. The lowest BCUT2D eigenvalue weighted by atomic mass is 10.0. The van der Waals surface area contributed by atoms with Crippen LogP contribution in [0, 0.1) is 17.1 Å². The van der Waals surface area contributed by atoms with Gasteiger partial charge in [0.05, 0.1) is 39.6 Å². The second-order valence-corrected chi connectivity index (χ2v) is 10.3. The van der Waals surface area contributed by atoms with Crippen LogP contribution in [0.4, 0.5) is 15.8 Å². The van der Waals surface area contributed by atoms with Crippen molar-refractivity contribution in [1.29, 1.82) is 5.26 Å². The minimum Gasteiger partial charge on any atom is -0.493 e. The normalized spacial score (nSPS) is 13.5. The number of pyridine rings is 1. The van der Waals surface area contributed by atoms with Crippen LogP contribution >= 0.6 is 23.2 Å². The topological polar surface area (TPSA) is 87.5 Å². The molecular weight excluding hydrogens is 566 g/mol. The molecule has 0 spiro atoms. The quantitative estimate of drug-likeness (QED) is 0.178. The number of halogens is 3. The summed E-state index contributed by atoms with van der Waals surface area (Å²) >= 11 is 11.9. The first kappa shape index (κ1) is 28.2. The standard InChI is InChI=1S/C31H25Cl2FN4O3/c1-18(19-6-4-3-5-7-19)31(39)38-12-10-21(11-13-38)41-27-14-22-25(15-26(27)40-2)36-17-20(16-35)30(22)37-24-9-8-23(32)28(33)29(24)34/h3-9,14-15,17,21H,1,10-13H2,2H3,(H,36,37). The van der Waals surface area contributed by atoms with Gasteiger partial charge in [-0.2, -0.15) is 5.26 Å². The number of methoxy groups -OCH3 is 1. The molecule has 1 aromatic heterocycles. The fourth-order valence-corrected chi connectivity index (χ4v) is 5.05. The largest absolute Gasteiger partial charge is 0.493 e. The molecule has 0 atom stereocenters. The Bertz CT molecular complexity index is 1680. The van der Waals surface area contributed by atoms with Gasteiger partial charge in [0.2, 0.25) is 0 Å². The van der Waals surface area contributed by atoms with E-state index >= 15 is 0 Å². The van der Waals surface area contributed by atoms with Crippen LogP contribution in [-0.4, -0.2) is 42.1 Å². The number of carbonyl (C=O) groups is 1. The molecule has 0 unspecified atom stereocenters. The molecule has 1 amide bonds. The van der Waals surface area contributed by atoms with E-state index in [9.17, 15) is 14.4 Å². The third-order valence-corrected chi connectivity index (χ3v) is 7.75. The van der Waals surface area contributed by atoms with Gasteiger partial charge in [0.15, 0.2) is 17.3 Å². The molecule has 1 aliphatic rings. The van der Waals surface area contributed by atoms with Gasteiger partial charge in [-0.25, -0.2) is 4.39 Å². The second kappa shape index (κ2) is 12.0. The van der Waals surface area contributed by atoms with Gasteiger partial charge in [0, 0.05) is 49.2 Å². The average molecular weight is 591 g/mol. The molecule has 1 saturated heterocycles. The van der Waals surface area contributed by atoms with E-state index in [1.54, 1.807) is 17.0 Å². The number of anilines is 2. The minimum atomic E-state index is -0.741. The van der Waals surface area contributed by atoms with Crippen molar-refractivity contribution in [3.8, 4) is 17.6 Å². The third-order valence-electron chi connectivity index (χ3n) is 6.97. The van der Waals surface area contributed by atoms with E-state index < -0.39 is 5.82 Å². The van der Waals surface area contributed by atoms with E-state index in [1.165, 1.54) is 25.4 Å². The molecule has 4 aromatic rings. The van der Waals surface area contributed by atoms with E-state index in [1.807, 2.05) is 30.3 Å². The van der Waals surface area contributed by atoms with Crippen molar-refractivity contribution < 1.29 is 18.7 Å². The van der Waals surface area contributed by atoms with Gasteiger partial charge < -0.3 is 19.7 Å². The smallest absolute Gasteiger partial charge is 0.253 e. The fourth-order valence-electron chi connectivity index (χ4n) is 4.74. The maximum absolute atomic E-state index is 14.9. The van der Waals surface area contributed by atoms with E-state index in [0.717, 1.165) is 5.56 Å². The zero-order valence-corrected chi connectivity index (χ0v) is 23.6. The number of hydrogen-bond acceptors (Lipinski definition) is 6. The first-order valence-electron chi connectivity index (χ1n) is 12.8. The Hall–Kier alpha value is -4.32. The number of hydrogen-bond donors (Lipinski definition) is 1. The van der Waals surface area contributed by atoms with Gasteiger partial charge >= 0.3 is 0 Å². The first-order chi connectivity index (χ1) is 19.8. The zero-order chi connectivity index (χ0) is 29.1. The van der Waals surface area contributed by atoms with E-state index in [-0.39, 0.29) is 33.3 Å². The summed E-state index contributed by atoms with van der Waals surface area (Å²) in [5.74, 6) is 0.0536. The zero-order valence-electron chi connectivity index (χ0n) is 22.1. The molecule has 0 bridgehead atoms. The number of likely N-dealkylation sites (tertiary alicyclic amines) is 1. The molecule has 0 radical (unpaired) electrons. The Morgan fingerprint density at radius 1 is 1.15 bits per heavy atom. The van der Waals surface area contributed by atoms with Crippen molar-refractivity contribution >= 4 is 57.0 Å². The SMILES string of the molecule is C=C(C(=O)N1CCC(Oc2cc3c(Nc4ccc(Cl)c(Cl)c4F)c(C#N)cnc3cc2OC)CC1)c1ccccc1. The van der Waals surface area contributed by atoms with Crippen LogP contribution in [0.15, 0.2) is 67.4 Å². The van der Waals surface area contributed by atoms with Crippen LogP contribution in [0.1, 0.15) is 24.0 Å². The summed E-state index contributed by atoms with van der Waals surface area (Å²) in [6, 6.07) is 17.8. The van der Waals surface area contributed by atoms with Crippen molar-refractivity contribution in [1.82, 2.24) is 9.88 Å². The predicted octanol–water partition coefficient (Wildman–Crippen LogP) is 7.39. The minimum absolute atomic E-state index is 0.0517. The number of ether oxygens (including phenoxy) is 2. The summed E-state index contributed by atoms with van der Waals surface area (Å²) in [6.45, 7) is 5.01. The lowest BCUT2D eigenvalue weighted by molar-refractivity contribution is -0.126. The van der Waals surface area contributed by atoms with Crippen molar-refractivity contribution in [3.63, 3.8) is 0 Å². The van der Waals surface area contributed by atoms with Crippen LogP contribution in [0.25, 0.3) is 16.5 Å². The summed E-state index contributed by atoms with van der Waals surface area (Å²) < 4.78 is 26.8. The van der Waals surface area contributed by atoms with Crippen LogP contribution in [-0.2, 0) is 4.79 Å². The summed E-state index contributed by atoms with van der Waals surface area (Å²) in [4.78, 5) is 19.2. The average Bonchev–Trinajstić information content (AvgIpc) is 3.01. The van der Waals surface area contributed by atoms with Gasteiger partial charge in [0.25, 0.3) is 5.91 Å². The molecule has 5 rings (SSSR count). The lowest BCUT2D eigenvalue weighted by Gasteiger charge is -2.33. The van der Waals surface area contributed by atoms with E-state index in [0.29, 0.717) is 59.6 Å². The van der Waals surface area contributed by atoms with Crippen molar-refractivity contribution in [2.45, 2.75) is 18.9 Å². The molecule has 41 heavy (non-hydrogen) atoms. The molecular formula is C31H25Cl2FN4O3. The highest BCUT2D eigenvalue weighted by atomic mass is 35.5. The van der Waals surface area contributed by atoms with Crippen molar-refractivity contribution in [3.05, 3.63) is 94.4 Å². The number of aromatic nitrogens is 1. The number of nitriles is 1. The van der Waals surface area contributed by atoms with Crippen LogP contribution in [0.2, 0.25) is 10.0 Å². The molecule has 0 saturated carbocycles. The molecule has 7 nitrogen and oxygen atoms in total. The van der Waals surface area contributed by atoms with Crippen molar-refractivity contribution in [2.75, 3.05) is 25.5 Å². The maximum atomic E-state index is 14.9. The number of nitrogens with one attached hydrogen (secondary N) is 1. The Morgan fingerprint density at radius 2 is 1.88 bits per heavy atom. The van der Waals surface area contributed by atoms with Crippen LogP contribution in [0.5, 0.6) is 11.5 Å². The van der Waals surface area contributed by atoms with Gasteiger partial charge in [-0.1, -0.05) is 60.1 Å². The van der Waals surface area contributed by atoms with Gasteiger partial charge in [-0.15, -0.1) is 0 Å². The number of carbonyl (C=O) groups excluding carboxylic acids is 1. The number of benzene rings is 3. The summed E-state index contributed by atoms with van der Waals surface area (Å²) in [5.41, 5.74) is 2.35. The van der Waals surface area contributed by atoms with Gasteiger partial charge in [-0.3, -0.25) is 9.78 Å². The molecule has 208 valence electrons. The Labute approximate surface area is 246 Å². The molecule has 10 heteroatoms. The van der Waals surface area contributed by atoms with Gasteiger partial charge in [-0.05, 0) is 23.8 Å². The van der Waals surface area contributed by atoms with Crippen molar-refractivity contribution in [2.24, 2.45) is 0 Å². The Kier molecular flexibility index (Phi) is 8.29. The highest BCUT2D eigenvalue weighted by Gasteiger charge is 2.27. The summed E-state index contributed by atoms with van der Waals surface area (Å²) in [7, 11) is 1.53. The molecule has 1 fully saturated rings. The third kappa shape index (κ3) is 5.78. The lowest BCUT2D eigenvalue weighted by Crippen LogP contribution is -2.42. The van der Waals surface area contributed by atoms with E-state index in [4.69, 9.17) is 32.7 Å². The number of fused-ring (bicyclic) bond motifs is 1. The number of nitrogens with zero attached hydrogens (tertiary/aromatic N) is 3. The van der Waals surface area contributed by atoms with Crippen LogP contribution in [0.3, 0.4) is 0 Å². The number of rotatable bonds is 7.